The molecular weight excluding hydrogens is 274 g/mol. The summed E-state index contributed by atoms with van der Waals surface area (Å²) in [5, 5.41) is 21.0. The number of aliphatic hydroxyl groups excluding tert-OH is 2. The quantitative estimate of drug-likeness (QED) is 0.665. The lowest BCUT2D eigenvalue weighted by Gasteiger charge is -2.26. The largest absolute Gasteiger partial charge is 0.490 e. The topological polar surface area (TPSA) is 88.0 Å². The van der Waals surface area contributed by atoms with Gasteiger partial charge in [-0.05, 0) is 39.0 Å². The van der Waals surface area contributed by atoms with Gasteiger partial charge < -0.3 is 25.0 Å². The number of aliphatic hydroxyl groups is 2. The Balaban J connectivity index is 2.97. The monoisotopic (exact) mass is 297 g/mol. The van der Waals surface area contributed by atoms with Crippen molar-refractivity contribution in [3.05, 3.63) is 23.8 Å². The lowest BCUT2D eigenvalue weighted by Crippen LogP contribution is -2.51. The van der Waals surface area contributed by atoms with Crippen molar-refractivity contribution in [3.8, 4) is 11.5 Å². The molecule has 0 radical (unpaired) electrons. The number of benzene rings is 1. The molecule has 3 N–H and O–H groups in total. The highest BCUT2D eigenvalue weighted by Crippen LogP contribution is 2.28. The van der Waals surface area contributed by atoms with E-state index in [2.05, 4.69) is 5.32 Å². The molecule has 1 aromatic rings. The van der Waals surface area contributed by atoms with Crippen LogP contribution in [0.5, 0.6) is 11.5 Å². The van der Waals surface area contributed by atoms with Crippen LogP contribution in [0, 0.1) is 0 Å². The summed E-state index contributed by atoms with van der Waals surface area (Å²) in [6.45, 7) is 5.51. The summed E-state index contributed by atoms with van der Waals surface area (Å²) in [7, 11) is 0. The number of hydrogen-bond acceptors (Lipinski definition) is 5. The first-order valence-corrected chi connectivity index (χ1v) is 6.93. The average molecular weight is 297 g/mol. The number of hydrogen-bond donors (Lipinski definition) is 3. The molecule has 21 heavy (non-hydrogen) atoms. The van der Waals surface area contributed by atoms with Crippen molar-refractivity contribution in [1.29, 1.82) is 0 Å². The molecule has 0 bridgehead atoms. The second-order valence-electron chi connectivity index (χ2n) is 4.86. The number of rotatable bonds is 8. The molecule has 0 aromatic heterocycles. The minimum atomic E-state index is -1.07. The maximum Gasteiger partial charge on any atom is 0.252 e. The number of nitrogens with one attached hydrogen (secondary N) is 1. The lowest BCUT2D eigenvalue weighted by atomic mass is 10.0. The minimum absolute atomic E-state index is 0.357. The Labute approximate surface area is 124 Å². The van der Waals surface area contributed by atoms with Crippen molar-refractivity contribution >= 4 is 5.91 Å². The van der Waals surface area contributed by atoms with Gasteiger partial charge in [0.2, 0.25) is 0 Å². The summed E-state index contributed by atoms with van der Waals surface area (Å²) in [4.78, 5) is 12.2. The fourth-order valence-corrected chi connectivity index (χ4v) is 1.67. The third kappa shape index (κ3) is 4.61. The predicted octanol–water partition coefficient (Wildman–Crippen LogP) is 0.957. The van der Waals surface area contributed by atoms with Crippen LogP contribution in [0.25, 0.3) is 0 Å². The van der Waals surface area contributed by atoms with Gasteiger partial charge in [-0.15, -0.1) is 0 Å². The van der Waals surface area contributed by atoms with E-state index in [4.69, 9.17) is 9.47 Å². The molecule has 0 atom stereocenters. The van der Waals surface area contributed by atoms with Crippen molar-refractivity contribution in [2.45, 2.75) is 26.3 Å². The predicted molar refractivity (Wildman–Crippen MR) is 78.8 cm³/mol. The highest BCUT2D eigenvalue weighted by atomic mass is 16.5. The standard InChI is InChI=1S/C15H23NO5/c1-4-20-12-7-6-11(8-13(12)21-5-2)14(19)16-15(3,9-17)10-18/h6-8,17-18H,4-5,9-10H2,1-3H3,(H,16,19). The van der Waals surface area contributed by atoms with Gasteiger partial charge in [0.05, 0.1) is 32.0 Å². The Kier molecular flexibility index (Phi) is 6.45. The van der Waals surface area contributed by atoms with Gasteiger partial charge in [0.25, 0.3) is 5.91 Å². The summed E-state index contributed by atoms with van der Waals surface area (Å²) in [5.74, 6) is 0.661. The van der Waals surface area contributed by atoms with Crippen LogP contribution >= 0.6 is 0 Å². The van der Waals surface area contributed by atoms with E-state index in [1.807, 2.05) is 13.8 Å². The van der Waals surface area contributed by atoms with E-state index in [0.717, 1.165) is 0 Å². The van der Waals surface area contributed by atoms with Crippen LogP contribution in [0.2, 0.25) is 0 Å². The highest BCUT2D eigenvalue weighted by molar-refractivity contribution is 5.95. The molecule has 0 aliphatic carbocycles. The molecule has 0 heterocycles. The molecule has 0 unspecified atom stereocenters. The maximum atomic E-state index is 12.2. The molecule has 1 aromatic carbocycles. The van der Waals surface area contributed by atoms with Gasteiger partial charge in [0.15, 0.2) is 11.5 Å². The number of carbonyl (C=O) groups is 1. The Hall–Kier alpha value is -1.79. The summed E-state index contributed by atoms with van der Waals surface area (Å²) in [6.07, 6.45) is 0. The maximum absolute atomic E-state index is 12.2. The molecule has 0 saturated heterocycles. The molecule has 0 saturated carbocycles. The minimum Gasteiger partial charge on any atom is -0.490 e. The van der Waals surface area contributed by atoms with Gasteiger partial charge in [0.1, 0.15) is 0 Å². The molecule has 0 fully saturated rings. The summed E-state index contributed by atoms with van der Waals surface area (Å²) >= 11 is 0. The molecule has 1 rings (SSSR count). The van der Waals surface area contributed by atoms with Crippen LogP contribution in [0.1, 0.15) is 31.1 Å². The first kappa shape index (κ1) is 17.3. The molecule has 0 spiro atoms. The van der Waals surface area contributed by atoms with E-state index in [1.165, 1.54) is 0 Å². The lowest BCUT2D eigenvalue weighted by molar-refractivity contribution is 0.0723. The van der Waals surface area contributed by atoms with E-state index in [-0.39, 0.29) is 13.2 Å². The molecular formula is C15H23NO5. The average Bonchev–Trinajstić information content (AvgIpc) is 2.49. The van der Waals surface area contributed by atoms with Crippen LogP contribution in [0.3, 0.4) is 0 Å². The van der Waals surface area contributed by atoms with Crippen molar-refractivity contribution in [2.24, 2.45) is 0 Å². The van der Waals surface area contributed by atoms with Crippen molar-refractivity contribution in [1.82, 2.24) is 5.32 Å². The van der Waals surface area contributed by atoms with Gasteiger partial charge in [-0.3, -0.25) is 4.79 Å². The van der Waals surface area contributed by atoms with Crippen LogP contribution in [-0.2, 0) is 0 Å². The van der Waals surface area contributed by atoms with Gasteiger partial charge in [-0.2, -0.15) is 0 Å². The molecule has 6 nitrogen and oxygen atoms in total. The highest BCUT2D eigenvalue weighted by Gasteiger charge is 2.25. The first-order valence-electron chi connectivity index (χ1n) is 6.93. The van der Waals surface area contributed by atoms with Crippen molar-refractivity contribution < 1.29 is 24.5 Å². The second kappa shape index (κ2) is 7.85. The summed E-state index contributed by atoms with van der Waals surface area (Å²) in [6, 6.07) is 4.86. The van der Waals surface area contributed by atoms with Crippen LogP contribution in [0.15, 0.2) is 18.2 Å². The first-order chi connectivity index (χ1) is 9.99. The molecule has 0 aliphatic heterocycles. The molecule has 118 valence electrons. The van der Waals surface area contributed by atoms with Gasteiger partial charge >= 0.3 is 0 Å². The Bertz CT molecular complexity index is 471. The van der Waals surface area contributed by atoms with Gasteiger partial charge in [-0.25, -0.2) is 0 Å². The molecule has 1 amide bonds. The molecule has 6 heteroatoms. The third-order valence-corrected chi connectivity index (χ3v) is 2.92. The zero-order valence-electron chi connectivity index (χ0n) is 12.7. The van der Waals surface area contributed by atoms with Gasteiger partial charge in [0, 0.05) is 5.56 Å². The normalized spacial score (nSPS) is 11.1. The van der Waals surface area contributed by atoms with Crippen LogP contribution in [0.4, 0.5) is 0 Å². The number of carbonyl (C=O) groups excluding carboxylic acids is 1. The Morgan fingerprint density at radius 1 is 1.14 bits per heavy atom. The third-order valence-electron chi connectivity index (χ3n) is 2.92. The van der Waals surface area contributed by atoms with E-state index in [0.29, 0.717) is 30.3 Å². The van der Waals surface area contributed by atoms with Crippen LogP contribution < -0.4 is 14.8 Å². The second-order valence-corrected chi connectivity index (χ2v) is 4.86. The van der Waals surface area contributed by atoms with E-state index in [1.54, 1.807) is 25.1 Å². The zero-order chi connectivity index (χ0) is 15.9. The zero-order valence-corrected chi connectivity index (χ0v) is 12.7. The smallest absolute Gasteiger partial charge is 0.252 e. The molecule has 0 aliphatic rings. The summed E-state index contributed by atoms with van der Waals surface area (Å²) < 4.78 is 10.9. The Morgan fingerprint density at radius 2 is 1.71 bits per heavy atom. The fraction of sp³-hybridized carbons (Fsp3) is 0.533. The summed E-state index contributed by atoms with van der Waals surface area (Å²) in [5.41, 5.74) is -0.698. The van der Waals surface area contributed by atoms with E-state index < -0.39 is 11.4 Å². The fourth-order valence-electron chi connectivity index (χ4n) is 1.67. The SMILES string of the molecule is CCOc1ccc(C(=O)NC(C)(CO)CO)cc1OCC. The number of amides is 1. The van der Waals surface area contributed by atoms with Crippen molar-refractivity contribution in [2.75, 3.05) is 26.4 Å². The van der Waals surface area contributed by atoms with Crippen molar-refractivity contribution in [3.63, 3.8) is 0 Å². The Morgan fingerprint density at radius 3 is 2.24 bits per heavy atom. The van der Waals surface area contributed by atoms with E-state index >= 15 is 0 Å². The van der Waals surface area contributed by atoms with Gasteiger partial charge in [-0.1, -0.05) is 0 Å². The van der Waals surface area contributed by atoms with E-state index in [9.17, 15) is 15.0 Å². The number of ether oxygens (including phenoxy) is 2. The van der Waals surface area contributed by atoms with Crippen LogP contribution in [-0.4, -0.2) is 48.1 Å².